The van der Waals surface area contributed by atoms with Crippen molar-refractivity contribution in [2.45, 2.75) is 17.2 Å². The molecule has 1 aliphatic heterocycles. The number of aromatic nitrogens is 2. The first-order valence-electron chi connectivity index (χ1n) is 9.14. The number of carbonyl (C=O) groups excluding carboxylic acids is 1. The molecule has 6 nitrogen and oxygen atoms in total. The first-order chi connectivity index (χ1) is 13.9. The van der Waals surface area contributed by atoms with Gasteiger partial charge in [0.15, 0.2) is 11.6 Å². The number of nitrogens with zero attached hydrogens (tertiary/aromatic N) is 3. The molecule has 9 heteroatoms. The standard InChI is InChI=1S/C20H18FN3O3S2/c21-17-8-6-14(7-9-17)18(25)15-10-12-24(13-11-15)29(26,27)20-22-19(23-28-20)16-4-2-1-3-5-16/h1-9,15H,10-13H2. The van der Waals surface area contributed by atoms with Crippen molar-refractivity contribution in [1.82, 2.24) is 13.7 Å². The van der Waals surface area contributed by atoms with Crippen LogP contribution in [0, 0.1) is 11.7 Å². The third kappa shape index (κ3) is 4.12. The summed E-state index contributed by atoms with van der Waals surface area (Å²) in [6.07, 6.45) is 0.833. The molecule has 0 aliphatic carbocycles. The van der Waals surface area contributed by atoms with E-state index in [0.717, 1.165) is 17.1 Å². The Kier molecular flexibility index (Phi) is 5.53. The Morgan fingerprint density at radius 3 is 2.34 bits per heavy atom. The second-order valence-electron chi connectivity index (χ2n) is 6.80. The van der Waals surface area contributed by atoms with E-state index >= 15 is 0 Å². The van der Waals surface area contributed by atoms with Gasteiger partial charge in [-0.15, -0.1) is 0 Å². The monoisotopic (exact) mass is 431 g/mol. The fourth-order valence-corrected chi connectivity index (χ4v) is 5.69. The highest BCUT2D eigenvalue weighted by Gasteiger charge is 2.34. The third-order valence-corrected chi connectivity index (χ3v) is 7.90. The maximum atomic E-state index is 13.1. The van der Waals surface area contributed by atoms with Crippen molar-refractivity contribution >= 4 is 27.3 Å². The smallest absolute Gasteiger partial charge is 0.271 e. The summed E-state index contributed by atoms with van der Waals surface area (Å²) in [6.45, 7) is 0.473. The molecule has 0 saturated carbocycles. The number of rotatable bonds is 5. The minimum Gasteiger partial charge on any atom is -0.294 e. The van der Waals surface area contributed by atoms with Gasteiger partial charge >= 0.3 is 0 Å². The van der Waals surface area contributed by atoms with Gasteiger partial charge in [-0.1, -0.05) is 30.3 Å². The number of Topliss-reactive ketones (excluding diaryl/α,β-unsaturated/α-hetero) is 1. The van der Waals surface area contributed by atoms with Crippen LogP contribution >= 0.6 is 11.5 Å². The number of sulfonamides is 1. The lowest BCUT2D eigenvalue weighted by atomic mass is 9.90. The van der Waals surface area contributed by atoms with Crippen LogP contribution in [-0.2, 0) is 10.0 Å². The molecular weight excluding hydrogens is 413 g/mol. The molecule has 1 fully saturated rings. The zero-order chi connectivity index (χ0) is 20.4. The molecule has 3 aromatic rings. The Balaban J connectivity index is 1.44. The second-order valence-corrected chi connectivity index (χ2v) is 9.66. The quantitative estimate of drug-likeness (QED) is 0.577. The van der Waals surface area contributed by atoms with Crippen LogP contribution in [0.15, 0.2) is 58.9 Å². The Morgan fingerprint density at radius 2 is 1.69 bits per heavy atom. The number of ketones is 1. The van der Waals surface area contributed by atoms with Gasteiger partial charge in [-0.2, -0.15) is 8.68 Å². The number of piperidine rings is 1. The molecule has 2 aromatic carbocycles. The first kappa shape index (κ1) is 19.8. The van der Waals surface area contributed by atoms with Crippen LogP contribution in [0.4, 0.5) is 4.39 Å². The number of hydrogen-bond acceptors (Lipinski definition) is 6. The minimum absolute atomic E-state index is 0.0420. The van der Waals surface area contributed by atoms with E-state index in [1.54, 1.807) is 0 Å². The van der Waals surface area contributed by atoms with E-state index in [-0.39, 0.29) is 29.1 Å². The number of carbonyl (C=O) groups is 1. The average Bonchev–Trinajstić information content (AvgIpc) is 3.26. The van der Waals surface area contributed by atoms with Crippen molar-refractivity contribution < 1.29 is 17.6 Å². The summed E-state index contributed by atoms with van der Waals surface area (Å²) in [5.41, 5.74) is 1.21. The van der Waals surface area contributed by atoms with Crippen molar-refractivity contribution in [2.24, 2.45) is 5.92 Å². The Morgan fingerprint density at radius 1 is 1.03 bits per heavy atom. The summed E-state index contributed by atoms with van der Waals surface area (Å²) in [6, 6.07) is 14.6. The van der Waals surface area contributed by atoms with Crippen molar-refractivity contribution in [3.63, 3.8) is 0 Å². The van der Waals surface area contributed by atoms with Crippen LogP contribution in [0.2, 0.25) is 0 Å². The van der Waals surface area contributed by atoms with E-state index in [9.17, 15) is 17.6 Å². The SMILES string of the molecule is O=C(c1ccc(F)cc1)C1CCN(S(=O)(=O)c2nc(-c3ccccc3)ns2)CC1. The van der Waals surface area contributed by atoms with Gasteiger partial charge in [0.2, 0.25) is 4.34 Å². The van der Waals surface area contributed by atoms with Crippen LogP contribution < -0.4 is 0 Å². The Bertz CT molecular complexity index is 1110. The van der Waals surface area contributed by atoms with Crippen LogP contribution in [-0.4, -0.2) is 41.0 Å². The summed E-state index contributed by atoms with van der Waals surface area (Å²) in [5.74, 6) is -0.365. The maximum Gasteiger partial charge on any atom is 0.271 e. The zero-order valence-corrected chi connectivity index (χ0v) is 17.0. The molecule has 0 spiro atoms. The number of halogens is 1. The molecule has 0 amide bonds. The molecule has 1 saturated heterocycles. The van der Waals surface area contributed by atoms with Gasteiger partial charge in [0.05, 0.1) is 0 Å². The van der Waals surface area contributed by atoms with E-state index in [0.29, 0.717) is 24.2 Å². The fraction of sp³-hybridized carbons (Fsp3) is 0.250. The van der Waals surface area contributed by atoms with E-state index in [1.165, 1.54) is 28.6 Å². The molecule has 0 radical (unpaired) electrons. The number of hydrogen-bond donors (Lipinski definition) is 0. The molecular formula is C20H18FN3O3S2. The lowest BCUT2D eigenvalue weighted by Crippen LogP contribution is -2.40. The topological polar surface area (TPSA) is 80.2 Å². The highest BCUT2D eigenvalue weighted by Crippen LogP contribution is 2.28. The first-order valence-corrected chi connectivity index (χ1v) is 11.4. The second kappa shape index (κ2) is 8.10. The van der Waals surface area contributed by atoms with Gasteiger partial charge in [-0.3, -0.25) is 4.79 Å². The summed E-state index contributed by atoms with van der Waals surface area (Å²) < 4.78 is 44.4. The zero-order valence-electron chi connectivity index (χ0n) is 15.4. The summed E-state index contributed by atoms with van der Waals surface area (Å²) >= 11 is 0.857. The summed E-state index contributed by atoms with van der Waals surface area (Å²) in [7, 11) is -3.75. The van der Waals surface area contributed by atoms with Crippen molar-refractivity contribution in [3.8, 4) is 11.4 Å². The molecule has 2 heterocycles. The van der Waals surface area contributed by atoms with Gasteiger partial charge in [-0.25, -0.2) is 17.8 Å². The van der Waals surface area contributed by atoms with Crippen molar-refractivity contribution in [2.75, 3.05) is 13.1 Å². The van der Waals surface area contributed by atoms with Crippen LogP contribution in [0.1, 0.15) is 23.2 Å². The summed E-state index contributed by atoms with van der Waals surface area (Å²) in [4.78, 5) is 16.8. The van der Waals surface area contributed by atoms with Crippen molar-refractivity contribution in [1.29, 1.82) is 0 Å². The van der Waals surface area contributed by atoms with Crippen LogP contribution in [0.5, 0.6) is 0 Å². The van der Waals surface area contributed by atoms with Gasteiger partial charge in [-0.05, 0) is 48.6 Å². The highest BCUT2D eigenvalue weighted by molar-refractivity contribution is 7.91. The average molecular weight is 432 g/mol. The maximum absolute atomic E-state index is 13.1. The molecule has 1 aromatic heterocycles. The highest BCUT2D eigenvalue weighted by atomic mass is 32.2. The van der Waals surface area contributed by atoms with Crippen LogP contribution in [0.3, 0.4) is 0 Å². The van der Waals surface area contributed by atoms with Crippen molar-refractivity contribution in [3.05, 3.63) is 66.0 Å². The largest absolute Gasteiger partial charge is 0.294 e. The van der Waals surface area contributed by atoms with E-state index in [1.807, 2.05) is 30.3 Å². The predicted molar refractivity (Wildman–Crippen MR) is 108 cm³/mol. The Labute approximate surface area is 172 Å². The van der Waals surface area contributed by atoms with Gasteiger partial charge in [0.25, 0.3) is 10.0 Å². The molecule has 1 aliphatic rings. The Hall–Kier alpha value is -2.49. The molecule has 4 rings (SSSR count). The normalized spacial score (nSPS) is 16.0. The van der Waals surface area contributed by atoms with E-state index in [4.69, 9.17) is 0 Å². The van der Waals surface area contributed by atoms with Crippen LogP contribution in [0.25, 0.3) is 11.4 Å². The lowest BCUT2D eigenvalue weighted by molar-refractivity contribution is 0.0875. The molecule has 0 unspecified atom stereocenters. The fourth-order valence-electron chi connectivity index (χ4n) is 3.34. The predicted octanol–water partition coefficient (Wildman–Crippen LogP) is 3.63. The number of benzene rings is 2. The third-order valence-electron chi connectivity index (χ3n) is 4.95. The van der Waals surface area contributed by atoms with Gasteiger partial charge in [0, 0.05) is 30.1 Å². The molecule has 0 N–H and O–H groups in total. The lowest BCUT2D eigenvalue weighted by Gasteiger charge is -2.29. The van der Waals surface area contributed by atoms with Gasteiger partial charge < -0.3 is 0 Å². The van der Waals surface area contributed by atoms with E-state index in [2.05, 4.69) is 9.36 Å². The van der Waals surface area contributed by atoms with Gasteiger partial charge in [0.1, 0.15) is 5.82 Å². The minimum atomic E-state index is -3.75. The molecule has 0 atom stereocenters. The molecule has 0 bridgehead atoms. The van der Waals surface area contributed by atoms with E-state index < -0.39 is 15.8 Å². The molecule has 29 heavy (non-hydrogen) atoms. The molecule has 150 valence electrons. The summed E-state index contributed by atoms with van der Waals surface area (Å²) in [5, 5.41) is 0.